The van der Waals surface area contributed by atoms with Gasteiger partial charge in [-0.15, -0.1) is 0 Å². The number of phenolic OH excluding ortho intramolecular Hbond substituents is 1. The summed E-state index contributed by atoms with van der Waals surface area (Å²) in [7, 11) is 0. The van der Waals surface area contributed by atoms with Crippen LogP contribution in [0.25, 0.3) is 0 Å². The van der Waals surface area contributed by atoms with E-state index < -0.39 is 17.9 Å². The number of aliphatic carboxylic acids is 2. The summed E-state index contributed by atoms with van der Waals surface area (Å²) in [6.45, 7) is 19.3. The van der Waals surface area contributed by atoms with Gasteiger partial charge in [-0.3, -0.25) is 9.59 Å². The Morgan fingerprint density at radius 2 is 1.35 bits per heavy atom. The Labute approximate surface area is 243 Å². The highest BCUT2D eigenvalue weighted by atomic mass is 16.5. The van der Waals surface area contributed by atoms with E-state index in [4.69, 9.17) is 14.9 Å². The lowest BCUT2D eigenvalue weighted by atomic mass is 9.84. The third-order valence-electron chi connectivity index (χ3n) is 8.77. The average molecular weight is 563 g/mol. The molecule has 0 aliphatic carbocycles. The molecule has 40 heavy (non-hydrogen) atoms. The van der Waals surface area contributed by atoms with E-state index in [0.29, 0.717) is 5.75 Å². The molecule has 0 radical (unpaired) electrons. The molecule has 1 aliphatic heterocycles. The molecule has 230 valence electrons. The van der Waals surface area contributed by atoms with Crippen LogP contribution in [0.5, 0.6) is 11.5 Å². The standard InChI is InChI=1S/C29H50O2.C5H8O4/c1-20(2)12-9-13-21(3)14-10-15-22(4)16-11-18-29(8)19-17-26-25(7)27(30)23(5)24(6)28(26)31-29;1-3(5(8)9)2-4(6)7/h20-22,30H,9-19H2,1-8H3;3H,2H2,1H3,(H,6,7)(H,8,9)/t21-,22-,29-;/m1./s1. The quantitative estimate of drug-likeness (QED) is 0.197. The Kier molecular flexibility index (Phi) is 15.1. The van der Waals surface area contributed by atoms with Gasteiger partial charge < -0.3 is 20.1 Å². The Balaban J connectivity index is 0.000000763. The van der Waals surface area contributed by atoms with E-state index in [1.807, 2.05) is 13.8 Å². The fourth-order valence-corrected chi connectivity index (χ4v) is 5.62. The molecule has 0 amide bonds. The van der Waals surface area contributed by atoms with E-state index in [1.165, 1.54) is 63.9 Å². The van der Waals surface area contributed by atoms with E-state index >= 15 is 0 Å². The van der Waals surface area contributed by atoms with Gasteiger partial charge in [-0.25, -0.2) is 0 Å². The summed E-state index contributed by atoms with van der Waals surface area (Å²) in [4.78, 5) is 19.8. The number of carboxylic acids is 2. The number of rotatable bonds is 15. The van der Waals surface area contributed by atoms with Crippen molar-refractivity contribution in [2.24, 2.45) is 23.7 Å². The third kappa shape index (κ3) is 12.1. The second-order valence-electron chi connectivity index (χ2n) is 13.3. The molecule has 0 saturated carbocycles. The molecule has 2 rings (SSSR count). The first-order valence-corrected chi connectivity index (χ1v) is 15.5. The first-order valence-electron chi connectivity index (χ1n) is 15.5. The molecular weight excluding hydrogens is 504 g/mol. The number of carboxylic acid groups (broad SMARTS) is 2. The Hall–Kier alpha value is -2.24. The molecule has 0 saturated heterocycles. The molecule has 0 bridgehead atoms. The van der Waals surface area contributed by atoms with Crippen LogP contribution < -0.4 is 4.74 Å². The lowest BCUT2D eigenvalue weighted by molar-refractivity contribution is -0.147. The van der Waals surface area contributed by atoms with E-state index in [-0.39, 0.29) is 12.0 Å². The topological polar surface area (TPSA) is 104 Å². The molecule has 3 N–H and O–H groups in total. The van der Waals surface area contributed by atoms with Crippen molar-refractivity contribution < 1.29 is 29.6 Å². The van der Waals surface area contributed by atoms with Crippen molar-refractivity contribution >= 4 is 11.9 Å². The molecule has 4 atom stereocenters. The smallest absolute Gasteiger partial charge is 0.306 e. The van der Waals surface area contributed by atoms with Gasteiger partial charge in [0.2, 0.25) is 0 Å². The van der Waals surface area contributed by atoms with Gasteiger partial charge in [-0.1, -0.05) is 79.6 Å². The van der Waals surface area contributed by atoms with Gasteiger partial charge in [0.1, 0.15) is 17.1 Å². The van der Waals surface area contributed by atoms with Crippen molar-refractivity contribution in [2.45, 2.75) is 145 Å². The Bertz CT molecular complexity index is 952. The number of benzene rings is 1. The van der Waals surface area contributed by atoms with Crippen molar-refractivity contribution in [3.05, 3.63) is 22.3 Å². The number of ether oxygens (including phenoxy) is 1. The molecular formula is C34H58O6. The predicted molar refractivity (Wildman–Crippen MR) is 163 cm³/mol. The van der Waals surface area contributed by atoms with Crippen molar-refractivity contribution in [1.29, 1.82) is 0 Å². The van der Waals surface area contributed by atoms with Crippen molar-refractivity contribution in [2.75, 3.05) is 0 Å². The van der Waals surface area contributed by atoms with Crippen LogP contribution in [0.1, 0.15) is 134 Å². The summed E-state index contributed by atoms with van der Waals surface area (Å²) < 4.78 is 6.60. The minimum absolute atomic E-state index is 0.0712. The fraction of sp³-hybridized carbons (Fsp3) is 0.765. The van der Waals surface area contributed by atoms with Gasteiger partial charge in [-0.05, 0) is 87.8 Å². The summed E-state index contributed by atoms with van der Waals surface area (Å²) in [5.41, 5.74) is 4.23. The van der Waals surface area contributed by atoms with E-state index in [1.54, 1.807) is 0 Å². The van der Waals surface area contributed by atoms with Crippen molar-refractivity contribution in [3.63, 3.8) is 0 Å². The Morgan fingerprint density at radius 1 is 0.825 bits per heavy atom. The van der Waals surface area contributed by atoms with E-state index in [2.05, 4.69) is 41.5 Å². The zero-order valence-corrected chi connectivity index (χ0v) is 26.9. The summed E-state index contributed by atoms with van der Waals surface area (Å²) >= 11 is 0. The third-order valence-corrected chi connectivity index (χ3v) is 8.77. The average Bonchev–Trinajstić information content (AvgIpc) is 2.85. The van der Waals surface area contributed by atoms with Crippen LogP contribution in [0.2, 0.25) is 0 Å². The fourth-order valence-electron chi connectivity index (χ4n) is 5.62. The first-order chi connectivity index (χ1) is 18.6. The molecule has 0 fully saturated rings. The molecule has 1 heterocycles. The lowest BCUT2D eigenvalue weighted by Gasteiger charge is -2.38. The minimum Gasteiger partial charge on any atom is -0.507 e. The van der Waals surface area contributed by atoms with Crippen LogP contribution in [-0.4, -0.2) is 32.9 Å². The molecule has 1 aromatic rings. The SMILES string of the molecule is CC(CC(=O)O)C(=O)O.Cc1c(C)c2c(c(C)c1O)CC[C@@](C)(CCC[C@H](C)CCC[C@H](C)CCCC(C)C)O2. The van der Waals surface area contributed by atoms with Crippen LogP contribution in [-0.2, 0) is 16.0 Å². The summed E-state index contributed by atoms with van der Waals surface area (Å²) in [6, 6.07) is 0. The maximum absolute atomic E-state index is 10.4. The zero-order valence-electron chi connectivity index (χ0n) is 26.9. The van der Waals surface area contributed by atoms with Gasteiger partial charge in [0.05, 0.1) is 12.3 Å². The number of aromatic hydroxyl groups is 1. The maximum Gasteiger partial charge on any atom is 0.306 e. The van der Waals surface area contributed by atoms with Crippen molar-refractivity contribution in [3.8, 4) is 11.5 Å². The molecule has 0 spiro atoms. The number of hydrogen-bond acceptors (Lipinski definition) is 4. The molecule has 1 aliphatic rings. The molecule has 0 aromatic heterocycles. The van der Waals surface area contributed by atoms with Crippen LogP contribution in [0, 0.1) is 44.4 Å². The normalized spacial score (nSPS) is 18.6. The van der Waals surface area contributed by atoms with E-state index in [9.17, 15) is 14.7 Å². The van der Waals surface area contributed by atoms with Crippen LogP contribution in [0.3, 0.4) is 0 Å². The number of carbonyl (C=O) groups is 2. The van der Waals surface area contributed by atoms with Gasteiger partial charge in [-0.2, -0.15) is 0 Å². The summed E-state index contributed by atoms with van der Waals surface area (Å²) in [6.07, 6.45) is 13.7. The minimum atomic E-state index is -1.08. The molecule has 6 nitrogen and oxygen atoms in total. The van der Waals surface area contributed by atoms with Crippen molar-refractivity contribution in [1.82, 2.24) is 0 Å². The lowest BCUT2D eigenvalue weighted by Crippen LogP contribution is -2.37. The summed E-state index contributed by atoms with van der Waals surface area (Å²) in [5.74, 6) is 1.10. The number of fused-ring (bicyclic) bond motifs is 1. The van der Waals surface area contributed by atoms with Crippen LogP contribution >= 0.6 is 0 Å². The predicted octanol–water partition coefficient (Wildman–Crippen LogP) is 9.02. The van der Waals surface area contributed by atoms with Gasteiger partial charge in [0, 0.05) is 5.56 Å². The highest BCUT2D eigenvalue weighted by molar-refractivity contribution is 5.77. The van der Waals surface area contributed by atoms with Crippen LogP contribution in [0.4, 0.5) is 0 Å². The number of hydrogen-bond donors (Lipinski definition) is 3. The second kappa shape index (κ2) is 16.9. The van der Waals surface area contributed by atoms with Gasteiger partial charge in [0.15, 0.2) is 0 Å². The monoisotopic (exact) mass is 562 g/mol. The highest BCUT2D eigenvalue weighted by Gasteiger charge is 2.34. The summed E-state index contributed by atoms with van der Waals surface area (Å²) in [5, 5.41) is 26.6. The number of phenols is 1. The second-order valence-corrected chi connectivity index (χ2v) is 13.3. The van der Waals surface area contributed by atoms with Crippen LogP contribution in [0.15, 0.2) is 0 Å². The van der Waals surface area contributed by atoms with Gasteiger partial charge >= 0.3 is 11.9 Å². The maximum atomic E-state index is 10.4. The molecule has 6 heteroatoms. The zero-order chi connectivity index (χ0) is 30.6. The molecule has 1 unspecified atom stereocenters. The highest BCUT2D eigenvalue weighted by Crippen LogP contribution is 2.44. The largest absolute Gasteiger partial charge is 0.507 e. The first kappa shape index (κ1) is 35.8. The molecule has 1 aromatic carbocycles. The Morgan fingerprint density at radius 3 is 1.82 bits per heavy atom. The van der Waals surface area contributed by atoms with E-state index in [0.717, 1.165) is 59.5 Å². The van der Waals surface area contributed by atoms with Gasteiger partial charge in [0.25, 0.3) is 0 Å².